The maximum atomic E-state index is 13.2. The van der Waals surface area contributed by atoms with Gasteiger partial charge in [0.1, 0.15) is 12.5 Å². The van der Waals surface area contributed by atoms with Gasteiger partial charge in [-0.2, -0.15) is 0 Å². The van der Waals surface area contributed by atoms with E-state index in [0.29, 0.717) is 28.2 Å². The van der Waals surface area contributed by atoms with Crippen LogP contribution in [0.2, 0.25) is 0 Å². The molecule has 0 N–H and O–H groups in total. The molecule has 0 bridgehead atoms. The summed E-state index contributed by atoms with van der Waals surface area (Å²) < 4.78 is 10.4. The quantitative estimate of drug-likeness (QED) is 0.480. The highest BCUT2D eigenvalue weighted by atomic mass is 16.5. The topological polar surface area (TPSA) is 115 Å². The molecule has 2 amide bonds. The molecule has 0 saturated carbocycles. The zero-order valence-corrected chi connectivity index (χ0v) is 19.0. The lowest BCUT2D eigenvalue weighted by molar-refractivity contribution is -0.144. The van der Waals surface area contributed by atoms with E-state index < -0.39 is 35.6 Å². The molecule has 34 heavy (non-hydrogen) atoms. The number of benzene rings is 1. The second-order valence-electron chi connectivity index (χ2n) is 7.93. The number of allylic oxidation sites excluding steroid dienone is 1. The van der Waals surface area contributed by atoms with Gasteiger partial charge in [-0.15, -0.1) is 0 Å². The minimum atomic E-state index is -0.845. The Labute approximate surface area is 196 Å². The number of aliphatic imine (C=N–C) groups is 1. The van der Waals surface area contributed by atoms with E-state index in [1.165, 1.54) is 7.11 Å². The number of ether oxygens (including phenoxy) is 2. The van der Waals surface area contributed by atoms with Crippen molar-refractivity contribution in [2.45, 2.75) is 19.8 Å². The van der Waals surface area contributed by atoms with Gasteiger partial charge in [-0.1, -0.05) is 18.2 Å². The lowest BCUT2D eigenvalue weighted by Gasteiger charge is -2.30. The van der Waals surface area contributed by atoms with Gasteiger partial charge in [0, 0.05) is 23.3 Å². The Kier molecular flexibility index (Phi) is 6.36. The highest BCUT2D eigenvalue weighted by Crippen LogP contribution is 2.39. The standard InChI is InChI=1S/C25H23N3O6/c1-14-19(24(31)33-3)21(18-10-6-7-11-26-18)20(15(2)27-14)25(32)34-13-12-28-22(29)16-8-4-5-9-17(16)23(28)30/h4-11,19,21H,12-13H2,1-3H3. The number of aromatic nitrogens is 1. The molecule has 2 aliphatic heterocycles. The third kappa shape index (κ3) is 4.00. The number of fused-ring (bicyclic) bond motifs is 1. The average Bonchev–Trinajstić information content (AvgIpc) is 3.08. The van der Waals surface area contributed by atoms with E-state index in [2.05, 4.69) is 9.98 Å². The van der Waals surface area contributed by atoms with Crippen molar-refractivity contribution in [1.82, 2.24) is 9.88 Å². The molecule has 174 valence electrons. The summed E-state index contributed by atoms with van der Waals surface area (Å²) in [5.41, 5.74) is 2.23. The molecule has 2 aromatic rings. The lowest BCUT2D eigenvalue weighted by atomic mass is 9.77. The average molecular weight is 461 g/mol. The molecule has 2 atom stereocenters. The number of nitrogens with zero attached hydrogens (tertiary/aromatic N) is 3. The fourth-order valence-electron chi connectivity index (χ4n) is 4.36. The molecule has 1 aromatic carbocycles. The molecular weight excluding hydrogens is 438 g/mol. The molecule has 9 heteroatoms. The molecule has 2 aliphatic rings. The minimum absolute atomic E-state index is 0.0958. The first-order valence-corrected chi connectivity index (χ1v) is 10.7. The number of hydrogen-bond donors (Lipinski definition) is 0. The van der Waals surface area contributed by atoms with Gasteiger partial charge in [-0.05, 0) is 38.1 Å². The van der Waals surface area contributed by atoms with Crippen LogP contribution in [0.5, 0.6) is 0 Å². The van der Waals surface area contributed by atoms with Gasteiger partial charge in [0.15, 0.2) is 0 Å². The van der Waals surface area contributed by atoms with Crippen molar-refractivity contribution in [3.8, 4) is 0 Å². The molecule has 0 aliphatic carbocycles. The van der Waals surface area contributed by atoms with E-state index in [9.17, 15) is 19.2 Å². The number of rotatable bonds is 6. The highest BCUT2D eigenvalue weighted by Gasteiger charge is 2.43. The number of hydrogen-bond acceptors (Lipinski definition) is 8. The first-order chi connectivity index (χ1) is 16.3. The van der Waals surface area contributed by atoms with Gasteiger partial charge in [-0.25, -0.2) is 4.79 Å². The van der Waals surface area contributed by atoms with E-state index in [1.807, 2.05) is 0 Å². The summed E-state index contributed by atoms with van der Waals surface area (Å²) in [6, 6.07) is 11.8. The van der Waals surface area contributed by atoms with E-state index in [-0.39, 0.29) is 18.7 Å². The highest BCUT2D eigenvalue weighted by molar-refractivity contribution is 6.21. The van der Waals surface area contributed by atoms with Crippen LogP contribution in [0, 0.1) is 5.92 Å². The van der Waals surface area contributed by atoms with Gasteiger partial charge in [-0.3, -0.25) is 29.3 Å². The molecule has 9 nitrogen and oxygen atoms in total. The van der Waals surface area contributed by atoms with Crippen molar-refractivity contribution in [3.63, 3.8) is 0 Å². The van der Waals surface area contributed by atoms with Crippen LogP contribution in [-0.4, -0.2) is 59.6 Å². The molecule has 1 aromatic heterocycles. The Morgan fingerprint density at radius 1 is 1.00 bits per heavy atom. The molecule has 0 spiro atoms. The third-order valence-electron chi connectivity index (χ3n) is 5.94. The Morgan fingerprint density at radius 3 is 2.24 bits per heavy atom. The van der Waals surface area contributed by atoms with E-state index >= 15 is 0 Å². The number of imide groups is 1. The van der Waals surface area contributed by atoms with Crippen LogP contribution in [0.25, 0.3) is 0 Å². The lowest BCUT2D eigenvalue weighted by Crippen LogP contribution is -2.37. The normalized spacial score (nSPS) is 19.6. The van der Waals surface area contributed by atoms with Crippen molar-refractivity contribution in [3.05, 3.63) is 76.8 Å². The number of carbonyl (C=O) groups excluding carboxylic acids is 4. The second kappa shape index (κ2) is 9.38. The van der Waals surface area contributed by atoms with Crippen LogP contribution in [-0.2, 0) is 19.1 Å². The monoisotopic (exact) mass is 461 g/mol. The molecule has 0 radical (unpaired) electrons. The first kappa shape index (κ1) is 23.0. The van der Waals surface area contributed by atoms with E-state index in [0.717, 1.165) is 4.90 Å². The van der Waals surface area contributed by atoms with Crippen LogP contribution < -0.4 is 0 Å². The van der Waals surface area contributed by atoms with E-state index in [1.54, 1.807) is 62.5 Å². The zero-order chi connectivity index (χ0) is 24.4. The van der Waals surface area contributed by atoms with Gasteiger partial charge in [0.05, 0.1) is 36.3 Å². The fraction of sp³-hybridized carbons (Fsp3) is 0.280. The summed E-state index contributed by atoms with van der Waals surface area (Å²) >= 11 is 0. The molecular formula is C25H23N3O6. The summed E-state index contributed by atoms with van der Waals surface area (Å²) in [6.07, 6.45) is 1.57. The SMILES string of the molecule is COC(=O)C1C(C)=NC(C)=C(C(=O)OCCN2C(=O)c3ccccc3C2=O)C1c1ccccn1. The number of amides is 2. The smallest absolute Gasteiger partial charge is 0.336 e. The van der Waals surface area contributed by atoms with Gasteiger partial charge in [0.25, 0.3) is 11.8 Å². The maximum Gasteiger partial charge on any atom is 0.336 e. The Hall–Kier alpha value is -4.14. The maximum absolute atomic E-state index is 13.2. The zero-order valence-electron chi connectivity index (χ0n) is 19.0. The van der Waals surface area contributed by atoms with Gasteiger partial charge < -0.3 is 9.47 Å². The van der Waals surface area contributed by atoms with Crippen LogP contribution in [0.4, 0.5) is 0 Å². The van der Waals surface area contributed by atoms with Crippen LogP contribution in [0.15, 0.2) is 64.9 Å². The largest absolute Gasteiger partial charge is 0.468 e. The van der Waals surface area contributed by atoms with E-state index in [4.69, 9.17) is 9.47 Å². The van der Waals surface area contributed by atoms with Crippen LogP contribution in [0.1, 0.15) is 46.2 Å². The fourth-order valence-corrected chi connectivity index (χ4v) is 4.36. The Morgan fingerprint density at radius 2 is 1.65 bits per heavy atom. The Balaban J connectivity index is 1.55. The van der Waals surface area contributed by atoms with Gasteiger partial charge in [0.2, 0.25) is 0 Å². The summed E-state index contributed by atoms with van der Waals surface area (Å²) in [6.45, 7) is 3.06. The summed E-state index contributed by atoms with van der Waals surface area (Å²) in [4.78, 5) is 60.7. The first-order valence-electron chi connectivity index (χ1n) is 10.7. The molecule has 0 saturated heterocycles. The minimum Gasteiger partial charge on any atom is -0.468 e. The summed E-state index contributed by atoms with van der Waals surface area (Å²) in [7, 11) is 1.27. The molecule has 4 rings (SSSR count). The Bertz CT molecular complexity index is 1200. The van der Waals surface area contributed by atoms with Crippen LogP contribution >= 0.6 is 0 Å². The molecule has 0 fully saturated rings. The third-order valence-corrected chi connectivity index (χ3v) is 5.94. The number of carbonyl (C=O) groups is 4. The number of esters is 2. The van der Waals surface area contributed by atoms with Crippen molar-refractivity contribution in [2.24, 2.45) is 10.9 Å². The predicted octanol–water partition coefficient (Wildman–Crippen LogP) is 2.54. The number of methoxy groups -OCH3 is 1. The van der Waals surface area contributed by atoms with Crippen molar-refractivity contribution >= 4 is 29.5 Å². The summed E-state index contributed by atoms with van der Waals surface area (Å²) in [5.74, 6) is -3.69. The summed E-state index contributed by atoms with van der Waals surface area (Å²) in [5, 5.41) is 0. The number of pyridine rings is 1. The van der Waals surface area contributed by atoms with Crippen LogP contribution in [0.3, 0.4) is 0 Å². The molecule has 2 unspecified atom stereocenters. The second-order valence-corrected chi connectivity index (χ2v) is 7.93. The van der Waals surface area contributed by atoms with Crippen molar-refractivity contribution < 1.29 is 28.7 Å². The van der Waals surface area contributed by atoms with Crippen molar-refractivity contribution in [1.29, 1.82) is 0 Å². The van der Waals surface area contributed by atoms with Crippen molar-refractivity contribution in [2.75, 3.05) is 20.3 Å². The van der Waals surface area contributed by atoms with Gasteiger partial charge >= 0.3 is 11.9 Å². The predicted molar refractivity (Wildman–Crippen MR) is 121 cm³/mol. The molecule has 3 heterocycles.